The van der Waals surface area contributed by atoms with Gasteiger partial charge in [-0.15, -0.1) is 0 Å². The maximum absolute atomic E-state index is 12.3. The van der Waals surface area contributed by atoms with E-state index in [2.05, 4.69) is 5.32 Å². The maximum atomic E-state index is 12.3. The predicted molar refractivity (Wildman–Crippen MR) is 116 cm³/mol. The maximum Gasteiger partial charge on any atom is 0.251 e. The first-order chi connectivity index (χ1) is 13.9. The van der Waals surface area contributed by atoms with Crippen LogP contribution in [0.1, 0.15) is 17.3 Å². The van der Waals surface area contributed by atoms with Crippen molar-refractivity contribution in [2.24, 2.45) is 0 Å². The van der Waals surface area contributed by atoms with Crippen LogP contribution in [0.2, 0.25) is 0 Å². The summed E-state index contributed by atoms with van der Waals surface area (Å²) in [5.41, 5.74) is 0.976. The number of fused-ring (bicyclic) bond motifs is 1. The second kappa shape index (κ2) is 8.96. The van der Waals surface area contributed by atoms with Crippen molar-refractivity contribution in [2.45, 2.75) is 6.92 Å². The molecule has 0 aliphatic rings. The molecule has 0 heterocycles. The molecule has 0 bridgehead atoms. The molecule has 1 amide bonds. The van der Waals surface area contributed by atoms with Crippen LogP contribution in [-0.4, -0.2) is 40.3 Å². The van der Waals surface area contributed by atoms with Gasteiger partial charge in [0, 0.05) is 18.0 Å². The number of ether oxygens (including phenoxy) is 1. The normalized spacial score (nSPS) is 11.2. The largest absolute Gasteiger partial charge is 0.491 e. The van der Waals surface area contributed by atoms with Gasteiger partial charge in [-0.2, -0.15) is 0 Å². The number of carbonyl (C=O) groups is 1. The van der Waals surface area contributed by atoms with E-state index in [0.29, 0.717) is 24.4 Å². The van der Waals surface area contributed by atoms with Crippen molar-refractivity contribution in [1.82, 2.24) is 5.32 Å². The molecule has 3 aromatic carbocycles. The van der Waals surface area contributed by atoms with E-state index < -0.39 is 10.0 Å². The monoisotopic (exact) mass is 412 g/mol. The Hall–Kier alpha value is -3.06. The summed E-state index contributed by atoms with van der Waals surface area (Å²) in [6, 6.07) is 20.3. The first-order valence-electron chi connectivity index (χ1n) is 9.38. The van der Waals surface area contributed by atoms with E-state index in [1.54, 1.807) is 31.2 Å². The highest BCUT2D eigenvalue weighted by Gasteiger charge is 2.16. The Labute approximate surface area is 171 Å². The average molecular weight is 413 g/mol. The lowest BCUT2D eigenvalue weighted by Crippen LogP contribution is -2.29. The number of benzene rings is 3. The zero-order chi connectivity index (χ0) is 20.9. The zero-order valence-electron chi connectivity index (χ0n) is 16.5. The van der Waals surface area contributed by atoms with E-state index in [1.807, 2.05) is 42.5 Å². The summed E-state index contributed by atoms with van der Waals surface area (Å²) in [7, 11) is -1.83. The highest BCUT2D eigenvalue weighted by atomic mass is 32.2. The molecule has 0 saturated carbocycles. The third kappa shape index (κ3) is 4.86. The highest BCUT2D eigenvalue weighted by Crippen LogP contribution is 2.24. The van der Waals surface area contributed by atoms with Crippen LogP contribution in [0.4, 0.5) is 5.69 Å². The molecule has 1 N–H and O–H groups in total. The summed E-state index contributed by atoms with van der Waals surface area (Å²) >= 11 is 0. The molecule has 0 saturated heterocycles. The van der Waals surface area contributed by atoms with E-state index in [9.17, 15) is 13.2 Å². The first-order valence-corrected chi connectivity index (χ1v) is 11.0. The van der Waals surface area contributed by atoms with Crippen molar-refractivity contribution >= 4 is 32.4 Å². The molecule has 29 heavy (non-hydrogen) atoms. The highest BCUT2D eigenvalue weighted by molar-refractivity contribution is 7.92. The molecular weight excluding hydrogens is 388 g/mol. The van der Waals surface area contributed by atoms with E-state index in [4.69, 9.17) is 4.74 Å². The van der Waals surface area contributed by atoms with Crippen LogP contribution in [-0.2, 0) is 10.0 Å². The third-order valence-corrected chi connectivity index (χ3v) is 6.44. The van der Waals surface area contributed by atoms with Crippen LogP contribution in [0.15, 0.2) is 66.7 Å². The van der Waals surface area contributed by atoms with Crippen molar-refractivity contribution in [3.05, 3.63) is 72.3 Å². The van der Waals surface area contributed by atoms with Gasteiger partial charge in [0.2, 0.25) is 10.0 Å². The molecule has 0 atom stereocenters. The molecule has 0 aliphatic heterocycles. The Kier molecular flexibility index (Phi) is 6.39. The smallest absolute Gasteiger partial charge is 0.251 e. The lowest BCUT2D eigenvalue weighted by molar-refractivity contribution is 0.0947. The molecule has 0 spiro atoms. The van der Waals surface area contributed by atoms with Crippen molar-refractivity contribution in [3.63, 3.8) is 0 Å². The molecule has 3 aromatic rings. The third-order valence-electron chi connectivity index (χ3n) is 4.67. The van der Waals surface area contributed by atoms with Crippen LogP contribution < -0.4 is 14.4 Å². The predicted octanol–water partition coefficient (Wildman–Crippen LogP) is 3.43. The number of hydrogen-bond acceptors (Lipinski definition) is 4. The lowest BCUT2D eigenvalue weighted by Gasteiger charge is -2.18. The summed E-state index contributed by atoms with van der Waals surface area (Å²) < 4.78 is 30.9. The molecule has 0 aliphatic carbocycles. The summed E-state index contributed by atoms with van der Waals surface area (Å²) in [6.45, 7) is 2.29. The molecule has 0 radical (unpaired) electrons. The first kappa shape index (κ1) is 20.7. The number of anilines is 1. The standard InChI is InChI=1S/C22H24N2O4S/c1-3-29(26,27)24(2)19-13-11-18(12-14-19)22(25)23-15-16-28-21-10-6-8-17-7-4-5-9-20(17)21/h4-14H,3,15-16H2,1-2H3,(H,23,25). The Morgan fingerprint density at radius 2 is 1.69 bits per heavy atom. The van der Waals surface area contributed by atoms with Crippen LogP contribution in [0.25, 0.3) is 10.8 Å². The van der Waals surface area contributed by atoms with Gasteiger partial charge in [-0.05, 0) is 42.6 Å². The van der Waals surface area contributed by atoms with Gasteiger partial charge >= 0.3 is 0 Å². The minimum atomic E-state index is -3.33. The minimum absolute atomic E-state index is 0.0163. The van der Waals surface area contributed by atoms with Gasteiger partial charge in [-0.3, -0.25) is 9.10 Å². The van der Waals surface area contributed by atoms with E-state index in [1.165, 1.54) is 11.4 Å². The Morgan fingerprint density at radius 3 is 2.41 bits per heavy atom. The summed E-state index contributed by atoms with van der Waals surface area (Å²) in [4.78, 5) is 12.3. The fraction of sp³-hybridized carbons (Fsp3) is 0.227. The Morgan fingerprint density at radius 1 is 1.00 bits per heavy atom. The number of carbonyl (C=O) groups excluding carboxylic acids is 1. The molecule has 152 valence electrons. The minimum Gasteiger partial charge on any atom is -0.491 e. The topological polar surface area (TPSA) is 75.7 Å². The molecule has 0 aromatic heterocycles. The van der Waals surface area contributed by atoms with E-state index in [0.717, 1.165) is 16.5 Å². The summed E-state index contributed by atoms with van der Waals surface area (Å²) in [5.74, 6) is 0.559. The number of nitrogens with zero attached hydrogens (tertiary/aromatic N) is 1. The fourth-order valence-electron chi connectivity index (χ4n) is 2.93. The number of sulfonamides is 1. The van der Waals surface area contributed by atoms with Crippen molar-refractivity contribution in [2.75, 3.05) is 30.3 Å². The Balaban J connectivity index is 1.54. The quantitative estimate of drug-likeness (QED) is 0.575. The van der Waals surface area contributed by atoms with Crippen molar-refractivity contribution in [3.8, 4) is 5.75 Å². The van der Waals surface area contributed by atoms with E-state index in [-0.39, 0.29) is 11.7 Å². The summed E-state index contributed by atoms with van der Waals surface area (Å²) in [6.07, 6.45) is 0. The summed E-state index contributed by atoms with van der Waals surface area (Å²) in [5, 5.41) is 4.94. The second-order valence-electron chi connectivity index (χ2n) is 6.50. The molecular formula is C22H24N2O4S. The lowest BCUT2D eigenvalue weighted by atomic mass is 10.1. The van der Waals surface area contributed by atoms with Gasteiger partial charge in [-0.1, -0.05) is 36.4 Å². The average Bonchev–Trinajstić information content (AvgIpc) is 2.76. The second-order valence-corrected chi connectivity index (χ2v) is 8.79. The van der Waals surface area contributed by atoms with Gasteiger partial charge in [-0.25, -0.2) is 8.42 Å². The molecule has 0 unspecified atom stereocenters. The molecule has 0 fully saturated rings. The van der Waals surface area contributed by atoms with Crippen LogP contribution >= 0.6 is 0 Å². The van der Waals surface area contributed by atoms with Crippen LogP contribution in [0.3, 0.4) is 0 Å². The van der Waals surface area contributed by atoms with Crippen LogP contribution in [0, 0.1) is 0 Å². The van der Waals surface area contributed by atoms with Crippen molar-refractivity contribution < 1.29 is 17.9 Å². The Bertz CT molecular complexity index is 1090. The number of nitrogens with one attached hydrogen (secondary N) is 1. The SMILES string of the molecule is CCS(=O)(=O)N(C)c1ccc(C(=O)NCCOc2cccc3ccccc23)cc1. The van der Waals surface area contributed by atoms with E-state index >= 15 is 0 Å². The number of rotatable bonds is 8. The van der Waals surface area contributed by atoms with Gasteiger partial charge in [0.1, 0.15) is 12.4 Å². The van der Waals surface area contributed by atoms with Gasteiger partial charge in [0.25, 0.3) is 5.91 Å². The van der Waals surface area contributed by atoms with Crippen LogP contribution in [0.5, 0.6) is 5.75 Å². The molecule has 3 rings (SSSR count). The van der Waals surface area contributed by atoms with Crippen molar-refractivity contribution in [1.29, 1.82) is 0 Å². The fourth-order valence-corrected chi connectivity index (χ4v) is 3.76. The molecule has 6 nitrogen and oxygen atoms in total. The number of hydrogen-bond donors (Lipinski definition) is 1. The van der Waals surface area contributed by atoms with Gasteiger partial charge < -0.3 is 10.1 Å². The van der Waals surface area contributed by atoms with Gasteiger partial charge in [0.05, 0.1) is 18.0 Å². The number of amides is 1. The van der Waals surface area contributed by atoms with Gasteiger partial charge in [0.15, 0.2) is 0 Å². The molecule has 7 heteroatoms. The zero-order valence-corrected chi connectivity index (χ0v) is 17.3.